The Kier molecular flexibility index (Phi) is 7.79. The SMILES string of the molecule is CC(N)C1CCCN(CC(=O)NCc2ccccc2F)C1.Cl. The molecule has 1 aromatic rings. The van der Waals surface area contributed by atoms with E-state index in [1.807, 2.05) is 6.92 Å². The average molecular weight is 330 g/mol. The highest BCUT2D eigenvalue weighted by molar-refractivity contribution is 5.85. The van der Waals surface area contributed by atoms with E-state index in [0.29, 0.717) is 18.0 Å². The van der Waals surface area contributed by atoms with Crippen molar-refractivity contribution in [1.82, 2.24) is 10.2 Å². The van der Waals surface area contributed by atoms with E-state index in [0.717, 1.165) is 25.9 Å². The molecule has 1 amide bonds. The number of carbonyl (C=O) groups is 1. The standard InChI is InChI=1S/C16H24FN3O.ClH/c1-12(18)14-6-4-8-20(10-14)11-16(21)19-9-13-5-2-3-7-15(13)17;/h2-3,5,7,12,14H,4,6,8-11,18H2,1H3,(H,19,21);1H. The Labute approximate surface area is 137 Å². The van der Waals surface area contributed by atoms with Crippen molar-refractivity contribution in [3.05, 3.63) is 35.6 Å². The zero-order valence-electron chi connectivity index (χ0n) is 12.9. The van der Waals surface area contributed by atoms with Crippen LogP contribution in [0.1, 0.15) is 25.3 Å². The van der Waals surface area contributed by atoms with Gasteiger partial charge in [0.05, 0.1) is 6.54 Å². The van der Waals surface area contributed by atoms with Crippen LogP contribution in [0.4, 0.5) is 4.39 Å². The van der Waals surface area contributed by atoms with Crippen LogP contribution in [0.2, 0.25) is 0 Å². The molecule has 0 radical (unpaired) electrons. The second-order valence-electron chi connectivity index (χ2n) is 5.86. The first-order valence-corrected chi connectivity index (χ1v) is 7.54. The van der Waals surface area contributed by atoms with Gasteiger partial charge in [0.15, 0.2) is 0 Å². The fourth-order valence-corrected chi connectivity index (χ4v) is 2.76. The summed E-state index contributed by atoms with van der Waals surface area (Å²) < 4.78 is 13.5. The molecule has 1 fully saturated rings. The van der Waals surface area contributed by atoms with Crippen LogP contribution in [-0.4, -0.2) is 36.5 Å². The Bertz CT molecular complexity index is 484. The Morgan fingerprint density at radius 3 is 2.91 bits per heavy atom. The molecule has 22 heavy (non-hydrogen) atoms. The van der Waals surface area contributed by atoms with Gasteiger partial charge in [-0.1, -0.05) is 18.2 Å². The van der Waals surface area contributed by atoms with Gasteiger partial charge in [-0.25, -0.2) is 4.39 Å². The molecule has 6 heteroatoms. The lowest BCUT2D eigenvalue weighted by Gasteiger charge is -2.34. The van der Waals surface area contributed by atoms with Gasteiger partial charge in [0.2, 0.25) is 5.91 Å². The number of amides is 1. The number of likely N-dealkylation sites (tertiary alicyclic amines) is 1. The quantitative estimate of drug-likeness (QED) is 0.867. The van der Waals surface area contributed by atoms with Crippen LogP contribution in [0.25, 0.3) is 0 Å². The molecular weight excluding hydrogens is 305 g/mol. The lowest BCUT2D eigenvalue weighted by Crippen LogP contribution is -2.46. The van der Waals surface area contributed by atoms with E-state index in [9.17, 15) is 9.18 Å². The summed E-state index contributed by atoms with van der Waals surface area (Å²) >= 11 is 0. The van der Waals surface area contributed by atoms with Crippen molar-refractivity contribution in [2.45, 2.75) is 32.4 Å². The summed E-state index contributed by atoms with van der Waals surface area (Å²) in [4.78, 5) is 14.1. The number of halogens is 2. The fraction of sp³-hybridized carbons (Fsp3) is 0.562. The van der Waals surface area contributed by atoms with E-state index in [-0.39, 0.29) is 36.7 Å². The Morgan fingerprint density at radius 2 is 2.23 bits per heavy atom. The largest absolute Gasteiger partial charge is 0.351 e. The third-order valence-corrected chi connectivity index (χ3v) is 4.09. The molecule has 2 rings (SSSR count). The summed E-state index contributed by atoms with van der Waals surface area (Å²) in [6.45, 7) is 4.40. The highest BCUT2D eigenvalue weighted by Gasteiger charge is 2.23. The summed E-state index contributed by atoms with van der Waals surface area (Å²) in [5.74, 6) is 0.106. The maximum absolute atomic E-state index is 13.5. The molecule has 0 bridgehead atoms. The van der Waals surface area contributed by atoms with Gasteiger partial charge in [0.25, 0.3) is 0 Å². The van der Waals surface area contributed by atoms with Crippen molar-refractivity contribution in [2.75, 3.05) is 19.6 Å². The van der Waals surface area contributed by atoms with E-state index in [1.165, 1.54) is 6.07 Å². The van der Waals surface area contributed by atoms with E-state index in [2.05, 4.69) is 10.2 Å². The van der Waals surface area contributed by atoms with E-state index in [4.69, 9.17) is 5.73 Å². The minimum Gasteiger partial charge on any atom is -0.351 e. The second kappa shape index (κ2) is 9.08. The number of piperidine rings is 1. The molecule has 2 atom stereocenters. The van der Waals surface area contributed by atoms with Crippen LogP contribution in [0.3, 0.4) is 0 Å². The molecule has 1 aliphatic rings. The molecule has 1 aromatic carbocycles. The summed E-state index contributed by atoms with van der Waals surface area (Å²) in [7, 11) is 0. The zero-order chi connectivity index (χ0) is 15.2. The molecular formula is C16H25ClFN3O. The third-order valence-electron chi connectivity index (χ3n) is 4.09. The van der Waals surface area contributed by atoms with E-state index in [1.54, 1.807) is 18.2 Å². The van der Waals surface area contributed by atoms with Crippen LogP contribution in [-0.2, 0) is 11.3 Å². The number of nitrogens with one attached hydrogen (secondary N) is 1. The molecule has 4 nitrogen and oxygen atoms in total. The van der Waals surface area contributed by atoms with Gasteiger partial charge in [-0.2, -0.15) is 0 Å². The lowest BCUT2D eigenvalue weighted by molar-refractivity contribution is -0.122. The highest BCUT2D eigenvalue weighted by Crippen LogP contribution is 2.18. The van der Waals surface area contributed by atoms with Gasteiger partial charge in [-0.3, -0.25) is 9.69 Å². The van der Waals surface area contributed by atoms with Crippen molar-refractivity contribution in [1.29, 1.82) is 0 Å². The first kappa shape index (κ1) is 18.9. The topological polar surface area (TPSA) is 58.4 Å². The third kappa shape index (κ3) is 5.55. The Balaban J connectivity index is 0.00000242. The highest BCUT2D eigenvalue weighted by atomic mass is 35.5. The number of carbonyl (C=O) groups excluding carboxylic acids is 1. The van der Waals surface area contributed by atoms with Crippen LogP contribution < -0.4 is 11.1 Å². The molecule has 0 saturated carbocycles. The summed E-state index contributed by atoms with van der Waals surface area (Å²) in [5, 5.41) is 2.78. The Hall–Kier alpha value is -1.17. The van der Waals surface area contributed by atoms with Crippen LogP contribution in [0.15, 0.2) is 24.3 Å². The first-order valence-electron chi connectivity index (χ1n) is 7.54. The van der Waals surface area contributed by atoms with Crippen molar-refractivity contribution in [3.8, 4) is 0 Å². The van der Waals surface area contributed by atoms with E-state index < -0.39 is 0 Å². The minimum absolute atomic E-state index is 0. The number of hydrogen-bond donors (Lipinski definition) is 2. The fourth-order valence-electron chi connectivity index (χ4n) is 2.76. The number of benzene rings is 1. The summed E-state index contributed by atoms with van der Waals surface area (Å²) in [6, 6.07) is 6.65. The number of rotatable bonds is 5. The second-order valence-corrected chi connectivity index (χ2v) is 5.86. The molecule has 1 saturated heterocycles. The van der Waals surface area contributed by atoms with Crippen LogP contribution >= 0.6 is 12.4 Å². The maximum Gasteiger partial charge on any atom is 0.234 e. The van der Waals surface area contributed by atoms with Crippen molar-refractivity contribution < 1.29 is 9.18 Å². The maximum atomic E-state index is 13.5. The van der Waals surface area contributed by atoms with Crippen molar-refractivity contribution in [3.63, 3.8) is 0 Å². The predicted octanol–water partition coefficient (Wildman–Crippen LogP) is 1.92. The van der Waals surface area contributed by atoms with Gasteiger partial charge < -0.3 is 11.1 Å². The van der Waals surface area contributed by atoms with Gasteiger partial charge in [-0.05, 0) is 38.3 Å². The average Bonchev–Trinajstić information content (AvgIpc) is 2.46. The van der Waals surface area contributed by atoms with Gasteiger partial charge in [0, 0.05) is 24.7 Å². The number of nitrogens with zero attached hydrogens (tertiary/aromatic N) is 1. The van der Waals surface area contributed by atoms with Crippen molar-refractivity contribution in [2.24, 2.45) is 11.7 Å². The monoisotopic (exact) mass is 329 g/mol. The molecule has 3 N–H and O–H groups in total. The smallest absolute Gasteiger partial charge is 0.234 e. The van der Waals surface area contributed by atoms with Crippen molar-refractivity contribution >= 4 is 18.3 Å². The van der Waals surface area contributed by atoms with Gasteiger partial charge >= 0.3 is 0 Å². The molecule has 0 aliphatic carbocycles. The lowest BCUT2D eigenvalue weighted by atomic mass is 9.92. The summed E-state index contributed by atoms with van der Waals surface area (Å²) in [5.41, 5.74) is 6.45. The number of hydrogen-bond acceptors (Lipinski definition) is 3. The predicted molar refractivity (Wildman–Crippen MR) is 88.3 cm³/mol. The van der Waals surface area contributed by atoms with Gasteiger partial charge in [-0.15, -0.1) is 12.4 Å². The zero-order valence-corrected chi connectivity index (χ0v) is 13.7. The molecule has 2 unspecified atom stereocenters. The summed E-state index contributed by atoms with van der Waals surface area (Å²) in [6.07, 6.45) is 2.21. The first-order chi connectivity index (χ1) is 10.1. The minimum atomic E-state index is -0.284. The normalized spacial score (nSPS) is 20.0. The molecule has 1 heterocycles. The number of nitrogens with two attached hydrogens (primary N) is 1. The van der Waals surface area contributed by atoms with E-state index >= 15 is 0 Å². The molecule has 124 valence electrons. The Morgan fingerprint density at radius 1 is 1.50 bits per heavy atom. The molecule has 1 aliphatic heterocycles. The molecule has 0 spiro atoms. The van der Waals surface area contributed by atoms with Gasteiger partial charge in [0.1, 0.15) is 5.82 Å². The van der Waals surface area contributed by atoms with Crippen LogP contribution in [0, 0.1) is 11.7 Å². The molecule has 0 aromatic heterocycles. The van der Waals surface area contributed by atoms with Crippen LogP contribution in [0.5, 0.6) is 0 Å².